The van der Waals surface area contributed by atoms with Gasteiger partial charge in [0, 0.05) is 23.5 Å². The first-order valence-electron chi connectivity index (χ1n) is 7.58. The van der Waals surface area contributed by atoms with E-state index in [1.54, 1.807) is 18.4 Å². The Morgan fingerprint density at radius 2 is 1.96 bits per heavy atom. The second kappa shape index (κ2) is 7.24. The molecular formula is C18H20N4S. The maximum atomic E-state index is 4.49. The summed E-state index contributed by atoms with van der Waals surface area (Å²) < 4.78 is 0. The van der Waals surface area contributed by atoms with Crippen LogP contribution in [0.15, 0.2) is 53.0 Å². The molecule has 1 aromatic carbocycles. The minimum absolute atomic E-state index is 0.643. The van der Waals surface area contributed by atoms with Gasteiger partial charge >= 0.3 is 0 Å². The summed E-state index contributed by atoms with van der Waals surface area (Å²) in [5, 5.41) is 11.2. The van der Waals surface area contributed by atoms with E-state index in [9.17, 15) is 0 Å². The number of rotatable bonds is 4. The molecule has 0 spiro atoms. The van der Waals surface area contributed by atoms with Crippen LogP contribution < -0.4 is 10.6 Å². The summed E-state index contributed by atoms with van der Waals surface area (Å²) in [5.41, 5.74) is 2.34. The van der Waals surface area contributed by atoms with Crippen molar-refractivity contribution < 1.29 is 0 Å². The first-order valence-corrected chi connectivity index (χ1v) is 8.46. The fraction of sp³-hybridized carbons (Fsp3) is 0.222. The van der Waals surface area contributed by atoms with Crippen molar-refractivity contribution in [2.45, 2.75) is 20.0 Å². The predicted molar refractivity (Wildman–Crippen MR) is 97.8 cm³/mol. The number of guanidine groups is 1. The fourth-order valence-corrected chi connectivity index (χ4v) is 3.31. The Balaban J connectivity index is 1.65. The summed E-state index contributed by atoms with van der Waals surface area (Å²) in [5.74, 6) is 0.785. The molecule has 0 radical (unpaired) electrons. The first kappa shape index (κ1) is 15.5. The monoisotopic (exact) mass is 324 g/mol. The molecule has 0 atom stereocenters. The van der Waals surface area contributed by atoms with E-state index in [2.05, 4.69) is 51.1 Å². The third kappa shape index (κ3) is 3.68. The molecular weight excluding hydrogens is 304 g/mol. The Labute approximate surface area is 140 Å². The number of aromatic nitrogens is 1. The summed E-state index contributed by atoms with van der Waals surface area (Å²) >= 11 is 1.76. The van der Waals surface area contributed by atoms with Gasteiger partial charge in [0.15, 0.2) is 5.96 Å². The van der Waals surface area contributed by atoms with E-state index in [0.29, 0.717) is 6.54 Å². The van der Waals surface area contributed by atoms with Gasteiger partial charge < -0.3 is 10.6 Å². The number of nitrogens with zero attached hydrogens (tertiary/aromatic N) is 2. The standard InChI is InChI=1S/C18H20N4S/c1-13-8-10-23-17(13)12-22-18(19-2)21-11-16-15-6-4-3-5-14(15)7-9-20-16/h3-10H,11-12H2,1-2H3,(H2,19,21,22). The number of hydrogen-bond acceptors (Lipinski definition) is 3. The van der Waals surface area contributed by atoms with E-state index in [1.807, 2.05) is 24.4 Å². The topological polar surface area (TPSA) is 49.3 Å². The van der Waals surface area contributed by atoms with Crippen molar-refractivity contribution in [1.29, 1.82) is 0 Å². The van der Waals surface area contributed by atoms with Gasteiger partial charge in [-0.15, -0.1) is 11.3 Å². The summed E-state index contributed by atoms with van der Waals surface area (Å²) in [6.45, 7) is 3.56. The van der Waals surface area contributed by atoms with Gasteiger partial charge in [0.2, 0.25) is 0 Å². The van der Waals surface area contributed by atoms with Crippen LogP contribution >= 0.6 is 11.3 Å². The number of nitrogens with one attached hydrogen (secondary N) is 2. The largest absolute Gasteiger partial charge is 0.352 e. The highest BCUT2D eigenvalue weighted by Gasteiger charge is 2.05. The van der Waals surface area contributed by atoms with E-state index in [-0.39, 0.29) is 0 Å². The van der Waals surface area contributed by atoms with Crippen LogP contribution in [0.5, 0.6) is 0 Å². The number of benzene rings is 1. The second-order valence-corrected chi connectivity index (χ2v) is 6.29. The van der Waals surface area contributed by atoms with Crippen LogP contribution in [0.1, 0.15) is 16.1 Å². The smallest absolute Gasteiger partial charge is 0.191 e. The van der Waals surface area contributed by atoms with Gasteiger partial charge in [-0.2, -0.15) is 0 Å². The molecule has 2 heterocycles. The Bertz CT molecular complexity index is 817. The van der Waals surface area contributed by atoms with Gasteiger partial charge in [-0.1, -0.05) is 24.3 Å². The fourth-order valence-electron chi connectivity index (χ4n) is 2.46. The zero-order valence-corrected chi connectivity index (χ0v) is 14.2. The van der Waals surface area contributed by atoms with Crippen LogP contribution in [-0.4, -0.2) is 18.0 Å². The number of hydrogen-bond donors (Lipinski definition) is 2. The van der Waals surface area contributed by atoms with Gasteiger partial charge in [0.1, 0.15) is 0 Å². The molecule has 0 unspecified atom stereocenters. The van der Waals surface area contributed by atoms with E-state index >= 15 is 0 Å². The molecule has 0 fully saturated rings. The van der Waals surface area contributed by atoms with Crippen molar-refractivity contribution >= 4 is 28.1 Å². The van der Waals surface area contributed by atoms with Gasteiger partial charge in [0.25, 0.3) is 0 Å². The average molecular weight is 324 g/mol. The van der Waals surface area contributed by atoms with Crippen molar-refractivity contribution in [3.63, 3.8) is 0 Å². The number of aryl methyl sites for hydroxylation is 1. The molecule has 5 heteroatoms. The zero-order valence-electron chi connectivity index (χ0n) is 13.3. The SMILES string of the molecule is CN=C(NCc1sccc1C)NCc1nccc2ccccc12. The lowest BCUT2D eigenvalue weighted by Crippen LogP contribution is -2.36. The molecule has 0 aliphatic carbocycles. The van der Waals surface area contributed by atoms with Crippen molar-refractivity contribution in [1.82, 2.24) is 15.6 Å². The molecule has 0 saturated heterocycles. The van der Waals surface area contributed by atoms with Crippen molar-refractivity contribution in [2.75, 3.05) is 7.05 Å². The van der Waals surface area contributed by atoms with Crippen molar-refractivity contribution in [2.24, 2.45) is 4.99 Å². The molecule has 0 saturated carbocycles. The van der Waals surface area contributed by atoms with E-state index in [1.165, 1.54) is 21.2 Å². The molecule has 0 bridgehead atoms. The van der Waals surface area contributed by atoms with Gasteiger partial charge in [-0.3, -0.25) is 9.98 Å². The molecule has 0 amide bonds. The predicted octanol–water partition coefficient (Wildman–Crippen LogP) is 3.47. The quantitative estimate of drug-likeness (QED) is 0.571. The molecule has 2 aromatic heterocycles. The highest BCUT2D eigenvalue weighted by Crippen LogP contribution is 2.16. The normalized spacial score (nSPS) is 11.7. The van der Waals surface area contributed by atoms with Crippen LogP contribution in [0.3, 0.4) is 0 Å². The number of thiophene rings is 1. The van der Waals surface area contributed by atoms with E-state index in [0.717, 1.165) is 18.2 Å². The van der Waals surface area contributed by atoms with Gasteiger partial charge in [-0.05, 0) is 35.4 Å². The first-order chi connectivity index (χ1) is 11.3. The third-order valence-electron chi connectivity index (χ3n) is 3.79. The Morgan fingerprint density at radius 3 is 2.74 bits per heavy atom. The zero-order chi connectivity index (χ0) is 16.1. The molecule has 0 aliphatic heterocycles. The van der Waals surface area contributed by atoms with Crippen molar-refractivity contribution in [3.8, 4) is 0 Å². The maximum absolute atomic E-state index is 4.49. The Kier molecular flexibility index (Phi) is 4.88. The minimum Gasteiger partial charge on any atom is -0.352 e. The van der Waals surface area contributed by atoms with Crippen LogP contribution in [0.4, 0.5) is 0 Å². The highest BCUT2D eigenvalue weighted by atomic mass is 32.1. The summed E-state index contributed by atoms with van der Waals surface area (Å²) in [6.07, 6.45) is 1.85. The molecule has 0 aliphatic rings. The van der Waals surface area contributed by atoms with Gasteiger partial charge in [0.05, 0.1) is 18.8 Å². The molecule has 3 aromatic rings. The van der Waals surface area contributed by atoms with Crippen LogP contribution in [0, 0.1) is 6.92 Å². The number of pyridine rings is 1. The molecule has 4 nitrogen and oxygen atoms in total. The second-order valence-electron chi connectivity index (χ2n) is 5.28. The summed E-state index contributed by atoms with van der Waals surface area (Å²) in [6, 6.07) is 12.5. The van der Waals surface area contributed by atoms with Gasteiger partial charge in [-0.25, -0.2) is 0 Å². The van der Waals surface area contributed by atoms with Crippen LogP contribution in [-0.2, 0) is 13.1 Å². The molecule has 118 valence electrons. The van der Waals surface area contributed by atoms with Crippen molar-refractivity contribution in [3.05, 3.63) is 64.1 Å². The Morgan fingerprint density at radius 1 is 1.13 bits per heavy atom. The lowest BCUT2D eigenvalue weighted by atomic mass is 10.1. The molecule has 23 heavy (non-hydrogen) atoms. The summed E-state index contributed by atoms with van der Waals surface area (Å²) in [7, 11) is 1.78. The van der Waals surface area contributed by atoms with E-state index in [4.69, 9.17) is 0 Å². The minimum atomic E-state index is 0.643. The summed E-state index contributed by atoms with van der Waals surface area (Å²) in [4.78, 5) is 10.1. The number of aliphatic imine (C=N–C) groups is 1. The third-order valence-corrected chi connectivity index (χ3v) is 4.81. The van der Waals surface area contributed by atoms with Crippen LogP contribution in [0.2, 0.25) is 0 Å². The molecule has 3 rings (SSSR count). The van der Waals surface area contributed by atoms with E-state index < -0.39 is 0 Å². The maximum Gasteiger partial charge on any atom is 0.191 e. The lowest BCUT2D eigenvalue weighted by molar-refractivity contribution is 0.802. The average Bonchev–Trinajstić information content (AvgIpc) is 3.00. The highest BCUT2D eigenvalue weighted by molar-refractivity contribution is 7.10. The molecule has 2 N–H and O–H groups in total. The lowest BCUT2D eigenvalue weighted by Gasteiger charge is -2.12. The Hall–Kier alpha value is -2.40. The number of fused-ring (bicyclic) bond motifs is 1. The van der Waals surface area contributed by atoms with Crippen LogP contribution in [0.25, 0.3) is 10.8 Å².